The third-order valence-electron chi connectivity index (χ3n) is 1.36. The zero-order valence-electron chi connectivity index (χ0n) is 9.02. The van der Waals surface area contributed by atoms with Gasteiger partial charge in [-0.15, -0.1) is 0 Å². The molecule has 0 fully saturated rings. The van der Waals surface area contributed by atoms with Gasteiger partial charge in [-0.25, -0.2) is 9.59 Å². The molecule has 0 bridgehead atoms. The van der Waals surface area contributed by atoms with Crippen molar-refractivity contribution in [2.75, 3.05) is 0 Å². The van der Waals surface area contributed by atoms with E-state index in [1.165, 1.54) is 13.8 Å². The van der Waals surface area contributed by atoms with Gasteiger partial charge in [0.1, 0.15) is 0 Å². The van der Waals surface area contributed by atoms with Crippen LogP contribution in [0.15, 0.2) is 12.2 Å². The molecule has 0 aliphatic carbocycles. The Hall–Kier alpha value is -1.98. The van der Waals surface area contributed by atoms with Gasteiger partial charge in [0.15, 0.2) is 0 Å². The van der Waals surface area contributed by atoms with Crippen LogP contribution in [0.1, 0.15) is 26.7 Å². The Balaban J connectivity index is 4.08. The van der Waals surface area contributed by atoms with Crippen LogP contribution in [0.4, 0.5) is 0 Å². The molecule has 0 spiro atoms. The summed E-state index contributed by atoms with van der Waals surface area (Å²) in [5, 5.41) is 0. The summed E-state index contributed by atoms with van der Waals surface area (Å²) in [5.41, 5.74) is 0. The van der Waals surface area contributed by atoms with Crippen LogP contribution >= 0.6 is 0 Å². The molecule has 0 aliphatic heterocycles. The summed E-state index contributed by atoms with van der Waals surface area (Å²) < 4.78 is 8.45. The minimum atomic E-state index is -0.979. The second-order valence-electron chi connectivity index (χ2n) is 2.63. The molecule has 16 heavy (non-hydrogen) atoms. The molecule has 0 aromatic rings. The normalized spacial score (nSPS) is 9.88. The maximum Gasteiger partial charge on any atom is 0.338 e. The third kappa shape index (κ3) is 6.47. The van der Waals surface area contributed by atoms with Crippen molar-refractivity contribution in [1.29, 1.82) is 0 Å². The highest BCUT2D eigenvalue weighted by Gasteiger charge is 2.07. The lowest BCUT2D eigenvalue weighted by Crippen LogP contribution is -2.11. The smallest absolute Gasteiger partial charge is 0.338 e. The van der Waals surface area contributed by atoms with Crippen molar-refractivity contribution in [3.63, 3.8) is 0 Å². The van der Waals surface area contributed by atoms with E-state index in [-0.39, 0.29) is 12.8 Å². The van der Waals surface area contributed by atoms with Crippen molar-refractivity contribution in [3.8, 4) is 0 Å². The maximum absolute atomic E-state index is 10.8. The van der Waals surface area contributed by atoms with E-state index in [4.69, 9.17) is 0 Å². The van der Waals surface area contributed by atoms with Crippen LogP contribution in [0, 0.1) is 0 Å². The highest BCUT2D eigenvalue weighted by atomic mass is 16.6. The second kappa shape index (κ2) is 7.33. The summed E-state index contributed by atoms with van der Waals surface area (Å²) in [6.07, 6.45) is 1.55. The molecule has 0 aliphatic rings. The van der Waals surface area contributed by atoms with Crippen LogP contribution < -0.4 is 0 Å². The lowest BCUT2D eigenvalue weighted by Gasteiger charge is -1.96. The van der Waals surface area contributed by atoms with Gasteiger partial charge in [0.05, 0.1) is 0 Å². The predicted octanol–water partition coefficient (Wildman–Crippen LogP) is 0.502. The fourth-order valence-electron chi connectivity index (χ4n) is 0.573. The Morgan fingerprint density at radius 2 is 1.12 bits per heavy atom. The summed E-state index contributed by atoms with van der Waals surface area (Å²) in [4.78, 5) is 43.0. The topological polar surface area (TPSA) is 86.7 Å². The monoisotopic (exact) mass is 228 g/mol. The number of hydrogen-bond acceptors (Lipinski definition) is 6. The molecular weight excluding hydrogens is 216 g/mol. The Labute approximate surface area is 92.2 Å². The Morgan fingerprint density at radius 3 is 1.38 bits per heavy atom. The van der Waals surface area contributed by atoms with Crippen molar-refractivity contribution in [1.82, 2.24) is 0 Å². The quantitative estimate of drug-likeness (QED) is 0.395. The fourth-order valence-corrected chi connectivity index (χ4v) is 0.573. The average molecular weight is 228 g/mol. The zero-order chi connectivity index (χ0) is 12.6. The molecule has 0 amide bonds. The van der Waals surface area contributed by atoms with Gasteiger partial charge in [-0.05, 0) is 0 Å². The highest BCUT2D eigenvalue weighted by Crippen LogP contribution is 1.91. The van der Waals surface area contributed by atoms with Gasteiger partial charge in [0.25, 0.3) is 0 Å². The van der Waals surface area contributed by atoms with Crippen LogP contribution in [0.2, 0.25) is 0 Å². The Kier molecular flexibility index (Phi) is 6.42. The van der Waals surface area contributed by atoms with Crippen molar-refractivity contribution in [2.24, 2.45) is 0 Å². The van der Waals surface area contributed by atoms with Crippen molar-refractivity contribution in [3.05, 3.63) is 12.2 Å². The van der Waals surface area contributed by atoms with Crippen LogP contribution in [0.25, 0.3) is 0 Å². The van der Waals surface area contributed by atoms with Gasteiger partial charge in [0, 0.05) is 25.0 Å². The fraction of sp³-hybridized carbons (Fsp3) is 0.400. The molecule has 0 heterocycles. The van der Waals surface area contributed by atoms with Gasteiger partial charge in [0.2, 0.25) is 0 Å². The highest BCUT2D eigenvalue weighted by molar-refractivity contribution is 5.98. The number of carbonyl (C=O) groups is 4. The Bertz CT molecular complexity index is 296. The number of carbonyl (C=O) groups excluding carboxylic acids is 4. The second-order valence-corrected chi connectivity index (χ2v) is 2.63. The number of esters is 4. The summed E-state index contributed by atoms with van der Waals surface area (Å²) in [6.45, 7) is 3.04. The Morgan fingerprint density at radius 1 is 0.812 bits per heavy atom. The van der Waals surface area contributed by atoms with Crippen LogP contribution in [0.5, 0.6) is 0 Å². The van der Waals surface area contributed by atoms with Crippen molar-refractivity contribution >= 4 is 23.9 Å². The van der Waals surface area contributed by atoms with Gasteiger partial charge < -0.3 is 9.47 Å². The van der Waals surface area contributed by atoms with E-state index in [9.17, 15) is 19.2 Å². The molecule has 0 atom stereocenters. The van der Waals surface area contributed by atoms with Crippen LogP contribution in [0.3, 0.4) is 0 Å². The molecular formula is C10H12O6. The lowest BCUT2D eigenvalue weighted by molar-refractivity contribution is -0.158. The standard InChI is InChI=1S/C10H12O6/c1-3-7(11)15-9(13)5-6-10(14)16-8(12)4-2/h5-6H,3-4H2,1-2H3/b6-5-. The van der Waals surface area contributed by atoms with E-state index in [1.807, 2.05) is 0 Å². The zero-order valence-corrected chi connectivity index (χ0v) is 9.02. The average Bonchev–Trinajstić information content (AvgIpc) is 2.26. The molecule has 0 saturated heterocycles. The van der Waals surface area contributed by atoms with E-state index in [2.05, 4.69) is 9.47 Å². The summed E-state index contributed by atoms with van der Waals surface area (Å²) >= 11 is 0. The van der Waals surface area contributed by atoms with Gasteiger partial charge >= 0.3 is 23.9 Å². The van der Waals surface area contributed by atoms with E-state index in [0.717, 1.165) is 12.2 Å². The van der Waals surface area contributed by atoms with E-state index in [0.29, 0.717) is 0 Å². The first-order chi connectivity index (χ1) is 7.49. The molecule has 6 heteroatoms. The molecule has 0 aromatic carbocycles. The third-order valence-corrected chi connectivity index (χ3v) is 1.36. The van der Waals surface area contributed by atoms with E-state index in [1.54, 1.807) is 0 Å². The molecule has 0 unspecified atom stereocenters. The summed E-state index contributed by atoms with van der Waals surface area (Å²) in [7, 11) is 0. The van der Waals surface area contributed by atoms with Crippen LogP contribution in [-0.2, 0) is 28.7 Å². The minimum absolute atomic E-state index is 0.0539. The van der Waals surface area contributed by atoms with Gasteiger partial charge in [-0.1, -0.05) is 13.8 Å². The maximum atomic E-state index is 10.8. The summed E-state index contributed by atoms with van der Waals surface area (Å²) in [6, 6.07) is 0. The van der Waals surface area contributed by atoms with Crippen molar-refractivity contribution < 1.29 is 28.7 Å². The van der Waals surface area contributed by atoms with E-state index >= 15 is 0 Å². The van der Waals surface area contributed by atoms with E-state index < -0.39 is 23.9 Å². The number of ether oxygens (including phenoxy) is 2. The molecule has 88 valence electrons. The molecule has 0 saturated carbocycles. The first-order valence-electron chi connectivity index (χ1n) is 4.66. The number of rotatable bonds is 4. The van der Waals surface area contributed by atoms with Gasteiger partial charge in [-0.3, -0.25) is 9.59 Å². The first kappa shape index (κ1) is 14.0. The largest absolute Gasteiger partial charge is 0.390 e. The number of hydrogen-bond donors (Lipinski definition) is 0. The SMILES string of the molecule is CCC(=O)OC(=O)/C=C\C(=O)OC(=O)CC. The first-order valence-corrected chi connectivity index (χ1v) is 4.66. The predicted molar refractivity (Wildman–Crippen MR) is 51.9 cm³/mol. The molecule has 0 N–H and O–H groups in total. The molecule has 0 aromatic heterocycles. The summed E-state index contributed by atoms with van der Waals surface area (Å²) in [5.74, 6) is -3.36. The van der Waals surface area contributed by atoms with Crippen molar-refractivity contribution in [2.45, 2.75) is 26.7 Å². The van der Waals surface area contributed by atoms with Crippen LogP contribution in [-0.4, -0.2) is 23.9 Å². The molecule has 6 nitrogen and oxygen atoms in total. The van der Waals surface area contributed by atoms with Gasteiger partial charge in [-0.2, -0.15) is 0 Å². The lowest BCUT2D eigenvalue weighted by atomic mass is 10.4. The molecule has 0 rings (SSSR count). The minimum Gasteiger partial charge on any atom is -0.390 e. The molecule has 0 radical (unpaired) electrons.